The van der Waals surface area contributed by atoms with Crippen LogP contribution in [0.5, 0.6) is 0 Å². The van der Waals surface area contributed by atoms with Crippen LogP contribution in [0.25, 0.3) is 0 Å². The lowest BCUT2D eigenvalue weighted by Crippen LogP contribution is -2.52. The average molecular weight is 319 g/mol. The molecular weight excluding hydrogens is 296 g/mol. The molecule has 1 unspecified atom stereocenters. The fraction of sp³-hybridized carbons (Fsp3) is 0.600. The molecule has 0 aliphatic rings. The van der Waals surface area contributed by atoms with Crippen molar-refractivity contribution in [3.63, 3.8) is 0 Å². The molecule has 1 rings (SSSR count). The van der Waals surface area contributed by atoms with Gasteiger partial charge in [0.1, 0.15) is 11.6 Å². The van der Waals surface area contributed by atoms with Crippen LogP contribution in [0, 0.1) is 11.6 Å². The molecule has 21 heavy (non-hydrogen) atoms. The highest BCUT2D eigenvalue weighted by atomic mass is 32.2. The van der Waals surface area contributed by atoms with E-state index in [2.05, 4.69) is 5.32 Å². The largest absolute Gasteiger partial charge is 0.312 e. The Morgan fingerprint density at radius 3 is 2.14 bits per heavy atom. The van der Waals surface area contributed by atoms with E-state index in [0.717, 1.165) is 12.5 Å². The van der Waals surface area contributed by atoms with Crippen molar-refractivity contribution >= 4 is 9.84 Å². The fourth-order valence-corrected chi connectivity index (χ4v) is 2.79. The molecule has 1 aromatic rings. The van der Waals surface area contributed by atoms with Crippen molar-refractivity contribution in [1.82, 2.24) is 5.32 Å². The molecule has 0 heterocycles. The predicted molar refractivity (Wildman–Crippen MR) is 81.1 cm³/mol. The molecule has 1 aromatic carbocycles. The number of rotatable bonds is 7. The highest BCUT2D eigenvalue weighted by Crippen LogP contribution is 2.24. The van der Waals surface area contributed by atoms with Crippen LogP contribution in [-0.4, -0.2) is 32.0 Å². The smallest absolute Gasteiger partial charge is 0.154 e. The molecule has 0 aliphatic carbocycles. The van der Waals surface area contributed by atoms with E-state index in [-0.39, 0.29) is 6.42 Å². The van der Waals surface area contributed by atoms with E-state index in [0.29, 0.717) is 12.1 Å². The Kier molecular flexibility index (Phi) is 5.87. The second kappa shape index (κ2) is 6.83. The number of halogens is 2. The zero-order valence-corrected chi connectivity index (χ0v) is 13.7. The molecule has 0 aliphatic heterocycles. The van der Waals surface area contributed by atoms with E-state index in [4.69, 9.17) is 0 Å². The van der Waals surface area contributed by atoms with Gasteiger partial charge in [0.25, 0.3) is 0 Å². The Balaban J connectivity index is 3.08. The summed E-state index contributed by atoms with van der Waals surface area (Å²) < 4.78 is 49.5. The number of sulfone groups is 1. The van der Waals surface area contributed by atoms with E-state index >= 15 is 0 Å². The van der Waals surface area contributed by atoms with Crippen molar-refractivity contribution in [3.8, 4) is 0 Å². The highest BCUT2D eigenvalue weighted by Gasteiger charge is 2.38. The van der Waals surface area contributed by atoms with Crippen molar-refractivity contribution in [2.75, 3.05) is 12.8 Å². The van der Waals surface area contributed by atoms with Gasteiger partial charge in [0, 0.05) is 18.4 Å². The van der Waals surface area contributed by atoms with Gasteiger partial charge in [0.05, 0.1) is 4.75 Å². The van der Waals surface area contributed by atoms with Gasteiger partial charge in [-0.25, -0.2) is 17.2 Å². The Morgan fingerprint density at radius 2 is 1.71 bits per heavy atom. The van der Waals surface area contributed by atoms with Crippen molar-refractivity contribution in [1.29, 1.82) is 0 Å². The van der Waals surface area contributed by atoms with Crippen LogP contribution in [0.15, 0.2) is 18.2 Å². The summed E-state index contributed by atoms with van der Waals surface area (Å²) in [5.41, 5.74) is 0.442. The molecule has 0 saturated carbocycles. The van der Waals surface area contributed by atoms with Gasteiger partial charge in [-0.3, -0.25) is 0 Å². The van der Waals surface area contributed by atoms with E-state index in [1.165, 1.54) is 18.4 Å². The minimum Gasteiger partial charge on any atom is -0.312 e. The Morgan fingerprint density at radius 1 is 1.19 bits per heavy atom. The van der Waals surface area contributed by atoms with Crippen LogP contribution in [0.2, 0.25) is 0 Å². The molecule has 120 valence electrons. The first-order valence-electron chi connectivity index (χ1n) is 6.96. The topological polar surface area (TPSA) is 46.2 Å². The third-order valence-corrected chi connectivity index (χ3v) is 5.99. The van der Waals surface area contributed by atoms with Crippen LogP contribution < -0.4 is 5.32 Å². The van der Waals surface area contributed by atoms with Crippen LogP contribution in [0.3, 0.4) is 0 Å². The Hall–Kier alpha value is -1.01. The zero-order chi connectivity index (χ0) is 16.3. The van der Waals surface area contributed by atoms with Crippen LogP contribution in [0.1, 0.15) is 32.8 Å². The molecule has 0 radical (unpaired) electrons. The molecule has 3 nitrogen and oxygen atoms in total. The summed E-state index contributed by atoms with van der Waals surface area (Å²) >= 11 is 0. The zero-order valence-electron chi connectivity index (χ0n) is 12.9. The molecule has 0 saturated heterocycles. The normalized spacial score (nSPS) is 14.2. The maximum absolute atomic E-state index is 13.3. The fourth-order valence-electron chi connectivity index (χ4n) is 2.11. The molecule has 6 heteroatoms. The summed E-state index contributed by atoms with van der Waals surface area (Å²) in [6, 6.07) is 2.86. The maximum Gasteiger partial charge on any atom is 0.154 e. The van der Waals surface area contributed by atoms with Gasteiger partial charge >= 0.3 is 0 Å². The quantitative estimate of drug-likeness (QED) is 0.840. The van der Waals surface area contributed by atoms with Gasteiger partial charge in [-0.05, 0) is 50.9 Å². The minimum absolute atomic E-state index is 0.245. The lowest BCUT2D eigenvalue weighted by Gasteiger charge is -2.33. The SMILES string of the molecule is CCCNC(Cc1cc(F)cc(F)c1)C(C)(C)S(C)(=O)=O. The van der Waals surface area contributed by atoms with Crippen molar-refractivity contribution in [3.05, 3.63) is 35.4 Å². The van der Waals surface area contributed by atoms with E-state index in [1.807, 2.05) is 6.92 Å². The first-order chi connectivity index (χ1) is 9.57. The monoisotopic (exact) mass is 319 g/mol. The van der Waals surface area contributed by atoms with E-state index in [9.17, 15) is 17.2 Å². The van der Waals surface area contributed by atoms with Gasteiger partial charge in [-0.2, -0.15) is 0 Å². The number of benzene rings is 1. The minimum atomic E-state index is -3.32. The number of hydrogen-bond acceptors (Lipinski definition) is 3. The van der Waals surface area contributed by atoms with Gasteiger partial charge in [0.15, 0.2) is 9.84 Å². The molecule has 1 N–H and O–H groups in total. The molecule has 0 fully saturated rings. The summed E-state index contributed by atoms with van der Waals surface area (Å²) in [6.07, 6.45) is 2.27. The second-order valence-electron chi connectivity index (χ2n) is 5.86. The van der Waals surface area contributed by atoms with Crippen LogP contribution in [0.4, 0.5) is 8.78 Å². The van der Waals surface area contributed by atoms with Crippen molar-refractivity contribution in [2.24, 2.45) is 0 Å². The number of nitrogens with one attached hydrogen (secondary N) is 1. The van der Waals surface area contributed by atoms with Gasteiger partial charge < -0.3 is 5.32 Å². The summed E-state index contributed by atoms with van der Waals surface area (Å²) in [7, 11) is -3.32. The van der Waals surface area contributed by atoms with Crippen LogP contribution >= 0.6 is 0 Å². The van der Waals surface area contributed by atoms with Crippen molar-refractivity contribution < 1.29 is 17.2 Å². The Bertz CT molecular complexity index is 565. The summed E-state index contributed by atoms with van der Waals surface area (Å²) in [6.45, 7) is 5.87. The van der Waals surface area contributed by atoms with Gasteiger partial charge in [-0.1, -0.05) is 6.92 Å². The third kappa shape index (κ3) is 4.74. The van der Waals surface area contributed by atoms with E-state index in [1.54, 1.807) is 13.8 Å². The molecule has 0 aromatic heterocycles. The Labute approximate surface area is 125 Å². The summed E-state index contributed by atoms with van der Waals surface area (Å²) in [4.78, 5) is 0. The maximum atomic E-state index is 13.3. The summed E-state index contributed by atoms with van der Waals surface area (Å²) in [5, 5.41) is 3.18. The second-order valence-corrected chi connectivity index (χ2v) is 8.46. The van der Waals surface area contributed by atoms with Crippen molar-refractivity contribution in [2.45, 2.75) is 44.4 Å². The first kappa shape index (κ1) is 18.0. The molecule has 1 atom stereocenters. The molecular formula is C15H23F2NO2S. The lowest BCUT2D eigenvalue weighted by atomic mass is 9.95. The number of hydrogen-bond donors (Lipinski definition) is 1. The predicted octanol–water partition coefficient (Wildman–Crippen LogP) is 2.70. The summed E-state index contributed by atoms with van der Waals surface area (Å²) in [5.74, 6) is -1.31. The average Bonchev–Trinajstić information content (AvgIpc) is 2.31. The van der Waals surface area contributed by atoms with Gasteiger partial charge in [-0.15, -0.1) is 0 Å². The third-order valence-electron chi connectivity index (χ3n) is 3.80. The standard InChI is InChI=1S/C15H23F2NO2S/c1-5-6-18-14(15(2,3)21(4,19)20)9-11-7-12(16)10-13(17)8-11/h7-8,10,14,18H,5-6,9H2,1-4H3. The molecule has 0 spiro atoms. The highest BCUT2D eigenvalue weighted by molar-refractivity contribution is 7.92. The molecule has 0 amide bonds. The van der Waals surface area contributed by atoms with Crippen LogP contribution in [-0.2, 0) is 16.3 Å². The lowest BCUT2D eigenvalue weighted by molar-refractivity contribution is 0.405. The molecule has 0 bridgehead atoms. The van der Waals surface area contributed by atoms with Gasteiger partial charge in [0.2, 0.25) is 0 Å². The first-order valence-corrected chi connectivity index (χ1v) is 8.85. The van der Waals surface area contributed by atoms with E-state index < -0.39 is 32.3 Å².